The van der Waals surface area contributed by atoms with E-state index < -0.39 is 0 Å². The summed E-state index contributed by atoms with van der Waals surface area (Å²) in [6, 6.07) is 20.5. The normalized spacial score (nSPS) is 9.90. The van der Waals surface area contributed by atoms with Crippen molar-refractivity contribution >= 4 is 11.5 Å². The molecule has 0 aliphatic carbocycles. The molecule has 2 aromatic carbocycles. The van der Waals surface area contributed by atoms with E-state index in [9.17, 15) is 0 Å². The maximum Gasteiger partial charge on any atom is 0.133 e. The van der Waals surface area contributed by atoms with Crippen molar-refractivity contribution in [3.63, 3.8) is 0 Å². The first kappa shape index (κ1) is 15.1. The molecule has 0 amide bonds. The van der Waals surface area contributed by atoms with E-state index in [1.54, 1.807) is 0 Å². The Bertz CT molecular complexity index is 581. The Morgan fingerprint density at radius 1 is 0.571 bits per heavy atom. The van der Waals surface area contributed by atoms with Crippen molar-refractivity contribution in [2.75, 3.05) is 0 Å². The minimum atomic E-state index is 0.927. The van der Waals surface area contributed by atoms with Crippen molar-refractivity contribution < 1.29 is 4.74 Å². The van der Waals surface area contributed by atoms with Gasteiger partial charge in [0.25, 0.3) is 0 Å². The summed E-state index contributed by atoms with van der Waals surface area (Å²) in [6.45, 7) is 8.32. The average molecular weight is 278 g/mol. The summed E-state index contributed by atoms with van der Waals surface area (Å²) in [5.41, 5.74) is 4.53. The van der Waals surface area contributed by atoms with Crippen LogP contribution in [0.15, 0.2) is 71.8 Å². The van der Waals surface area contributed by atoms with E-state index >= 15 is 0 Å². The third-order valence-corrected chi connectivity index (χ3v) is 3.18. The molecule has 0 saturated heterocycles. The number of hydrogen-bond donors (Lipinski definition) is 0. The third kappa shape index (κ3) is 3.85. The molecule has 0 N–H and O–H groups in total. The Labute approximate surface area is 127 Å². The van der Waals surface area contributed by atoms with Crippen LogP contribution in [-0.4, -0.2) is 0 Å². The van der Waals surface area contributed by atoms with Crippen molar-refractivity contribution in [3.8, 4) is 0 Å². The minimum Gasteiger partial charge on any atom is -0.456 e. The zero-order valence-electron chi connectivity index (χ0n) is 13.2. The molecule has 0 heterocycles. The summed E-state index contributed by atoms with van der Waals surface area (Å²) in [5.74, 6) is 1.85. The Hall–Kier alpha value is -2.28. The predicted molar refractivity (Wildman–Crippen MR) is 90.5 cm³/mol. The van der Waals surface area contributed by atoms with Crippen LogP contribution in [0.1, 0.15) is 38.8 Å². The van der Waals surface area contributed by atoms with E-state index in [2.05, 4.69) is 52.0 Å². The second-order valence-corrected chi connectivity index (χ2v) is 5.49. The van der Waals surface area contributed by atoms with Crippen LogP contribution in [0.2, 0.25) is 0 Å². The van der Waals surface area contributed by atoms with E-state index in [4.69, 9.17) is 4.74 Å². The number of rotatable bonds is 4. The fourth-order valence-electron chi connectivity index (χ4n) is 2.18. The molecule has 0 atom stereocenters. The van der Waals surface area contributed by atoms with Gasteiger partial charge in [-0.3, -0.25) is 0 Å². The van der Waals surface area contributed by atoms with Crippen molar-refractivity contribution in [2.45, 2.75) is 27.7 Å². The fraction of sp³-hybridized carbons (Fsp3) is 0.200. The molecule has 2 aromatic rings. The van der Waals surface area contributed by atoms with Gasteiger partial charge in [0.05, 0.1) is 0 Å². The zero-order chi connectivity index (χ0) is 15.2. The van der Waals surface area contributed by atoms with E-state index in [-0.39, 0.29) is 0 Å². The van der Waals surface area contributed by atoms with Gasteiger partial charge in [-0.05, 0) is 38.8 Å². The predicted octanol–water partition coefficient (Wildman–Crippen LogP) is 5.91. The van der Waals surface area contributed by atoms with Crippen LogP contribution in [0.3, 0.4) is 0 Å². The molecule has 0 unspecified atom stereocenters. The molecule has 0 radical (unpaired) electrons. The third-order valence-electron chi connectivity index (χ3n) is 3.18. The van der Waals surface area contributed by atoms with Crippen LogP contribution in [0.4, 0.5) is 0 Å². The van der Waals surface area contributed by atoms with E-state index in [1.165, 1.54) is 0 Å². The summed E-state index contributed by atoms with van der Waals surface area (Å²) in [5, 5.41) is 0. The molecular weight excluding hydrogens is 256 g/mol. The molecule has 1 heteroatoms. The summed E-state index contributed by atoms with van der Waals surface area (Å²) in [7, 11) is 0. The monoisotopic (exact) mass is 278 g/mol. The molecule has 0 aromatic heterocycles. The smallest absolute Gasteiger partial charge is 0.133 e. The molecule has 0 aliphatic heterocycles. The van der Waals surface area contributed by atoms with Gasteiger partial charge >= 0.3 is 0 Å². The standard InChI is InChI=1S/C20H22O/c1-15(2)19(17-11-7-5-8-12-17)21-20(16(3)4)18-13-9-6-10-14-18/h5-14H,1-4H3. The molecule has 0 saturated carbocycles. The molecule has 0 spiro atoms. The number of hydrogen-bond acceptors (Lipinski definition) is 1. The topological polar surface area (TPSA) is 9.23 Å². The summed E-state index contributed by atoms with van der Waals surface area (Å²) >= 11 is 0. The first-order valence-corrected chi connectivity index (χ1v) is 7.23. The quantitative estimate of drug-likeness (QED) is 0.632. The van der Waals surface area contributed by atoms with E-state index in [0.717, 1.165) is 33.8 Å². The Balaban J connectivity index is 2.41. The highest BCUT2D eigenvalue weighted by Crippen LogP contribution is 2.29. The maximum atomic E-state index is 6.30. The molecule has 0 aliphatic rings. The molecule has 0 fully saturated rings. The Kier molecular flexibility index (Phi) is 4.99. The average Bonchev–Trinajstić information content (AvgIpc) is 2.49. The van der Waals surface area contributed by atoms with Crippen LogP contribution in [0.25, 0.3) is 11.5 Å². The molecular formula is C20H22O. The van der Waals surface area contributed by atoms with Gasteiger partial charge in [0.1, 0.15) is 11.5 Å². The SMILES string of the molecule is CC(C)=C(OC(=C(C)C)c1ccccc1)c1ccccc1. The van der Waals surface area contributed by atoms with Gasteiger partial charge in [-0.15, -0.1) is 0 Å². The lowest BCUT2D eigenvalue weighted by Crippen LogP contribution is -1.97. The lowest BCUT2D eigenvalue weighted by Gasteiger charge is -2.17. The van der Waals surface area contributed by atoms with E-state index in [0.29, 0.717) is 0 Å². The van der Waals surface area contributed by atoms with Crippen LogP contribution in [0.5, 0.6) is 0 Å². The van der Waals surface area contributed by atoms with Gasteiger partial charge in [0, 0.05) is 11.1 Å². The highest BCUT2D eigenvalue weighted by Gasteiger charge is 2.11. The van der Waals surface area contributed by atoms with Crippen LogP contribution >= 0.6 is 0 Å². The van der Waals surface area contributed by atoms with Crippen molar-refractivity contribution in [3.05, 3.63) is 82.9 Å². The van der Waals surface area contributed by atoms with Gasteiger partial charge in [-0.25, -0.2) is 0 Å². The van der Waals surface area contributed by atoms with E-state index in [1.807, 2.05) is 36.4 Å². The lowest BCUT2D eigenvalue weighted by atomic mass is 10.1. The molecule has 2 rings (SSSR count). The minimum absolute atomic E-state index is 0.927. The van der Waals surface area contributed by atoms with Crippen molar-refractivity contribution in [1.82, 2.24) is 0 Å². The van der Waals surface area contributed by atoms with Gasteiger partial charge < -0.3 is 4.74 Å². The fourth-order valence-corrected chi connectivity index (χ4v) is 2.18. The van der Waals surface area contributed by atoms with Gasteiger partial charge in [0.15, 0.2) is 0 Å². The molecule has 0 bridgehead atoms. The Morgan fingerprint density at radius 2 is 0.905 bits per heavy atom. The second kappa shape index (κ2) is 6.94. The highest BCUT2D eigenvalue weighted by molar-refractivity contribution is 5.72. The molecule has 108 valence electrons. The maximum absolute atomic E-state index is 6.30. The summed E-state index contributed by atoms with van der Waals surface area (Å²) in [4.78, 5) is 0. The summed E-state index contributed by atoms with van der Waals surface area (Å²) in [6.07, 6.45) is 0. The first-order chi connectivity index (χ1) is 10.1. The highest BCUT2D eigenvalue weighted by atomic mass is 16.5. The van der Waals surface area contributed by atoms with Crippen molar-refractivity contribution in [2.24, 2.45) is 0 Å². The zero-order valence-corrected chi connectivity index (χ0v) is 13.2. The van der Waals surface area contributed by atoms with Crippen LogP contribution in [0, 0.1) is 0 Å². The molecule has 1 nitrogen and oxygen atoms in total. The molecule has 21 heavy (non-hydrogen) atoms. The summed E-state index contributed by atoms with van der Waals surface area (Å²) < 4.78 is 6.30. The van der Waals surface area contributed by atoms with Crippen LogP contribution in [-0.2, 0) is 4.74 Å². The lowest BCUT2D eigenvalue weighted by molar-refractivity contribution is 0.462. The number of ether oxygens (including phenoxy) is 1. The van der Waals surface area contributed by atoms with Crippen molar-refractivity contribution in [1.29, 1.82) is 0 Å². The first-order valence-electron chi connectivity index (χ1n) is 7.23. The largest absolute Gasteiger partial charge is 0.456 e. The number of allylic oxidation sites excluding steroid dienone is 2. The van der Waals surface area contributed by atoms with Gasteiger partial charge in [0.2, 0.25) is 0 Å². The van der Waals surface area contributed by atoms with Crippen LogP contribution < -0.4 is 0 Å². The Morgan fingerprint density at radius 3 is 1.19 bits per heavy atom. The second-order valence-electron chi connectivity index (χ2n) is 5.49. The van der Waals surface area contributed by atoms with Gasteiger partial charge in [-0.2, -0.15) is 0 Å². The number of benzene rings is 2. The van der Waals surface area contributed by atoms with Gasteiger partial charge in [-0.1, -0.05) is 60.7 Å².